The topological polar surface area (TPSA) is 95.0 Å². The van der Waals surface area contributed by atoms with Gasteiger partial charge in [-0.2, -0.15) is 10.4 Å². The number of carbonyl (C=O) groups is 1. The van der Waals surface area contributed by atoms with Crippen LogP contribution in [0.15, 0.2) is 48.8 Å². The van der Waals surface area contributed by atoms with Crippen LogP contribution in [-0.2, 0) is 11.8 Å². The second-order valence-electron chi connectivity index (χ2n) is 10.3. The number of aryl methyl sites for hydroxylation is 1. The minimum absolute atomic E-state index is 0.00895. The summed E-state index contributed by atoms with van der Waals surface area (Å²) in [5.74, 6) is -0.00895. The highest BCUT2D eigenvalue weighted by Crippen LogP contribution is 2.34. The third kappa shape index (κ3) is 5.50. The van der Waals surface area contributed by atoms with Crippen molar-refractivity contribution in [2.45, 2.75) is 58.0 Å². The molecule has 0 atom stereocenters. The molecular weight excluding hydrogens is 438 g/mol. The van der Waals surface area contributed by atoms with Crippen molar-refractivity contribution in [3.63, 3.8) is 0 Å². The van der Waals surface area contributed by atoms with Crippen LogP contribution in [-0.4, -0.2) is 55.8 Å². The van der Waals surface area contributed by atoms with Gasteiger partial charge in [0, 0.05) is 32.3 Å². The summed E-state index contributed by atoms with van der Waals surface area (Å²) in [5.41, 5.74) is 3.68. The molecule has 0 spiro atoms. The molecule has 3 heterocycles. The Morgan fingerprint density at radius 2 is 1.80 bits per heavy atom. The van der Waals surface area contributed by atoms with Crippen molar-refractivity contribution < 1.29 is 9.90 Å². The minimum Gasteiger partial charge on any atom is -0.389 e. The van der Waals surface area contributed by atoms with Crippen molar-refractivity contribution in [3.05, 3.63) is 76.9 Å². The molecule has 2 aromatic heterocycles. The maximum atomic E-state index is 13.0. The van der Waals surface area contributed by atoms with E-state index in [2.05, 4.69) is 21.1 Å². The highest BCUT2D eigenvalue weighted by Gasteiger charge is 2.38. The second kappa shape index (κ2) is 9.73. The number of nitrogens with zero attached hydrogens (tertiary/aromatic N) is 5. The fourth-order valence-corrected chi connectivity index (χ4v) is 4.79. The van der Waals surface area contributed by atoms with Crippen LogP contribution in [0.2, 0.25) is 0 Å². The van der Waals surface area contributed by atoms with Crippen LogP contribution in [0.1, 0.15) is 59.6 Å². The number of β-amino-alcohol motifs (C(OH)–C–C–N with tert-alkyl or cyclic N) is 1. The average molecular weight is 472 g/mol. The van der Waals surface area contributed by atoms with E-state index < -0.39 is 11.0 Å². The van der Waals surface area contributed by atoms with Gasteiger partial charge in [-0.3, -0.25) is 9.78 Å². The summed E-state index contributed by atoms with van der Waals surface area (Å²) >= 11 is 0. The highest BCUT2D eigenvalue weighted by atomic mass is 16.3. The molecule has 0 amide bonds. The normalized spacial score (nSPS) is 16.1. The third-order valence-electron chi connectivity index (χ3n) is 6.80. The first kappa shape index (κ1) is 24.8. The van der Waals surface area contributed by atoms with Gasteiger partial charge in [0.25, 0.3) is 0 Å². The van der Waals surface area contributed by atoms with Gasteiger partial charge in [0.05, 0.1) is 40.5 Å². The van der Waals surface area contributed by atoms with Crippen LogP contribution in [0.4, 0.5) is 0 Å². The molecule has 0 aliphatic carbocycles. The molecule has 0 saturated carbocycles. The summed E-state index contributed by atoms with van der Waals surface area (Å²) in [6, 6.07) is 14.3. The van der Waals surface area contributed by atoms with Crippen molar-refractivity contribution in [2.24, 2.45) is 0 Å². The maximum Gasteiger partial charge on any atom is 0.170 e. The lowest BCUT2D eigenvalue weighted by Gasteiger charge is -2.39. The van der Waals surface area contributed by atoms with Crippen molar-refractivity contribution >= 4 is 5.78 Å². The van der Waals surface area contributed by atoms with Crippen LogP contribution in [0.25, 0.3) is 5.69 Å². The number of ketones is 1. The number of benzene rings is 1. The molecule has 7 nitrogen and oxygen atoms in total. The summed E-state index contributed by atoms with van der Waals surface area (Å²) in [6.07, 6.45) is 4.91. The second-order valence-corrected chi connectivity index (χ2v) is 10.3. The Kier molecular flexibility index (Phi) is 6.88. The highest BCUT2D eigenvalue weighted by molar-refractivity contribution is 5.98. The van der Waals surface area contributed by atoms with Crippen LogP contribution >= 0.6 is 0 Å². The Bertz CT molecular complexity index is 1220. The molecule has 0 unspecified atom stereocenters. The zero-order valence-electron chi connectivity index (χ0n) is 21.0. The summed E-state index contributed by atoms with van der Waals surface area (Å²) in [4.78, 5) is 19.8. The molecule has 0 radical (unpaired) electrons. The summed E-state index contributed by atoms with van der Waals surface area (Å²) < 4.78 is 1.79. The van der Waals surface area contributed by atoms with E-state index in [0.717, 1.165) is 35.7 Å². The minimum atomic E-state index is -0.756. The van der Waals surface area contributed by atoms with E-state index >= 15 is 0 Å². The number of aromatic nitrogens is 3. The fourth-order valence-electron chi connectivity index (χ4n) is 4.79. The Morgan fingerprint density at radius 3 is 2.37 bits per heavy atom. The van der Waals surface area contributed by atoms with E-state index in [1.54, 1.807) is 30.9 Å². The largest absolute Gasteiger partial charge is 0.389 e. The monoisotopic (exact) mass is 471 g/mol. The SMILES string of the molecule is Cc1ccc(-n2ncc(C(=O)Cc3ccc(C4(C#N)CCN(CC(C)(C)O)CC4)nc3)c2C)cc1. The van der Waals surface area contributed by atoms with Gasteiger partial charge < -0.3 is 10.0 Å². The smallest absolute Gasteiger partial charge is 0.170 e. The van der Waals surface area contributed by atoms with E-state index in [-0.39, 0.29) is 12.2 Å². The number of hydrogen-bond acceptors (Lipinski definition) is 6. The zero-order valence-corrected chi connectivity index (χ0v) is 21.0. The number of pyridine rings is 1. The molecule has 1 aliphatic heterocycles. The lowest BCUT2D eigenvalue weighted by Crippen LogP contribution is -2.47. The molecule has 3 aromatic rings. The van der Waals surface area contributed by atoms with E-state index in [9.17, 15) is 15.2 Å². The molecule has 1 aliphatic rings. The molecule has 1 aromatic carbocycles. The number of piperidine rings is 1. The van der Waals surface area contributed by atoms with Crippen molar-refractivity contribution in [2.75, 3.05) is 19.6 Å². The first-order chi connectivity index (χ1) is 16.6. The molecule has 7 heteroatoms. The van der Waals surface area contributed by atoms with Crippen molar-refractivity contribution in [1.29, 1.82) is 5.26 Å². The molecule has 4 rings (SSSR count). The third-order valence-corrected chi connectivity index (χ3v) is 6.80. The Labute approximate surface area is 207 Å². The number of likely N-dealkylation sites (tertiary alicyclic amines) is 1. The van der Waals surface area contributed by atoms with E-state index in [1.165, 1.54) is 5.56 Å². The molecule has 0 bridgehead atoms. The van der Waals surface area contributed by atoms with Crippen LogP contribution in [0, 0.1) is 25.2 Å². The summed E-state index contributed by atoms with van der Waals surface area (Å²) in [5, 5.41) is 24.5. The first-order valence-corrected chi connectivity index (χ1v) is 12.1. The maximum absolute atomic E-state index is 13.0. The lowest BCUT2D eigenvalue weighted by atomic mass is 9.76. The average Bonchev–Trinajstić information content (AvgIpc) is 3.21. The van der Waals surface area contributed by atoms with Crippen LogP contribution < -0.4 is 0 Å². The standard InChI is InChI=1S/C28H33N5O2/c1-20-5-8-23(9-6-20)33-21(2)24(17-31-33)25(34)15-22-7-10-26(30-16-22)28(18-29)11-13-32(14-12-28)19-27(3,4)35/h5-10,16-17,35H,11-15,19H2,1-4H3. The molecule has 1 N–H and O–H groups in total. The van der Waals surface area contributed by atoms with Gasteiger partial charge in [-0.25, -0.2) is 4.68 Å². The quantitative estimate of drug-likeness (QED) is 0.525. The van der Waals surface area contributed by atoms with E-state index in [1.807, 2.05) is 50.2 Å². The van der Waals surface area contributed by atoms with Gasteiger partial charge in [-0.05, 0) is 64.3 Å². The first-order valence-electron chi connectivity index (χ1n) is 12.1. The number of rotatable bonds is 7. The van der Waals surface area contributed by atoms with Crippen molar-refractivity contribution in [1.82, 2.24) is 19.7 Å². The van der Waals surface area contributed by atoms with Crippen LogP contribution in [0.5, 0.6) is 0 Å². The number of nitriles is 1. The number of carbonyl (C=O) groups excluding carboxylic acids is 1. The molecular formula is C28H33N5O2. The van der Waals surface area contributed by atoms with Gasteiger partial charge >= 0.3 is 0 Å². The lowest BCUT2D eigenvalue weighted by molar-refractivity contribution is 0.0244. The van der Waals surface area contributed by atoms with E-state index in [4.69, 9.17) is 0 Å². The Morgan fingerprint density at radius 1 is 1.11 bits per heavy atom. The van der Waals surface area contributed by atoms with Gasteiger partial charge in [-0.1, -0.05) is 23.8 Å². The molecule has 35 heavy (non-hydrogen) atoms. The number of hydrogen-bond donors (Lipinski definition) is 1. The summed E-state index contributed by atoms with van der Waals surface area (Å²) in [7, 11) is 0. The fraction of sp³-hybridized carbons (Fsp3) is 0.429. The summed E-state index contributed by atoms with van der Waals surface area (Å²) in [6.45, 7) is 9.61. The van der Waals surface area contributed by atoms with E-state index in [0.29, 0.717) is 24.9 Å². The Hall–Kier alpha value is -3.34. The predicted octanol–water partition coefficient (Wildman–Crippen LogP) is 3.94. The number of aliphatic hydroxyl groups is 1. The van der Waals surface area contributed by atoms with Crippen molar-refractivity contribution in [3.8, 4) is 11.8 Å². The van der Waals surface area contributed by atoms with Gasteiger partial charge in [-0.15, -0.1) is 0 Å². The predicted molar refractivity (Wildman–Crippen MR) is 135 cm³/mol. The van der Waals surface area contributed by atoms with Gasteiger partial charge in [0.1, 0.15) is 5.41 Å². The zero-order chi connectivity index (χ0) is 25.2. The Balaban J connectivity index is 1.44. The number of Topliss-reactive ketones (excluding diaryl/α,β-unsaturated/α-hetero) is 1. The van der Waals surface area contributed by atoms with Gasteiger partial charge in [0.2, 0.25) is 0 Å². The molecule has 1 fully saturated rings. The molecule has 182 valence electrons. The van der Waals surface area contributed by atoms with Gasteiger partial charge in [0.15, 0.2) is 5.78 Å². The van der Waals surface area contributed by atoms with Crippen LogP contribution in [0.3, 0.4) is 0 Å². The molecule has 1 saturated heterocycles.